The van der Waals surface area contributed by atoms with Crippen molar-refractivity contribution in [2.75, 3.05) is 12.3 Å². The van der Waals surface area contributed by atoms with Crippen LogP contribution in [0.1, 0.15) is 26.7 Å². The van der Waals surface area contributed by atoms with E-state index in [1.165, 1.54) is 0 Å². The molecule has 0 saturated carbocycles. The van der Waals surface area contributed by atoms with Gasteiger partial charge in [-0.2, -0.15) is 0 Å². The van der Waals surface area contributed by atoms with Crippen LogP contribution < -0.4 is 5.32 Å². The molecule has 0 bridgehead atoms. The van der Waals surface area contributed by atoms with Gasteiger partial charge in [0.15, 0.2) is 5.17 Å². The van der Waals surface area contributed by atoms with Crippen LogP contribution in [0, 0.1) is 0 Å². The number of thioether (sulfide) groups is 1. The van der Waals surface area contributed by atoms with E-state index in [4.69, 9.17) is 0 Å². The SMILES string of the molecule is CCC1(C)CSC(=NCCCn2ccnn2)N1. The van der Waals surface area contributed by atoms with Crippen molar-refractivity contribution < 1.29 is 0 Å². The van der Waals surface area contributed by atoms with Crippen molar-refractivity contribution in [2.24, 2.45) is 4.99 Å². The Balaban J connectivity index is 1.71. The minimum atomic E-state index is 0.232. The highest BCUT2D eigenvalue weighted by Crippen LogP contribution is 2.25. The number of rotatable bonds is 5. The van der Waals surface area contributed by atoms with Gasteiger partial charge in [-0.3, -0.25) is 9.67 Å². The summed E-state index contributed by atoms with van der Waals surface area (Å²) >= 11 is 1.83. The third kappa shape index (κ3) is 3.46. The van der Waals surface area contributed by atoms with Crippen molar-refractivity contribution in [1.29, 1.82) is 0 Å². The number of aliphatic imine (C=N–C) groups is 1. The molecule has 0 aliphatic carbocycles. The van der Waals surface area contributed by atoms with E-state index in [2.05, 4.69) is 34.5 Å². The summed E-state index contributed by atoms with van der Waals surface area (Å²) in [5, 5.41) is 12.3. The predicted molar refractivity (Wildman–Crippen MR) is 71.2 cm³/mol. The first kappa shape index (κ1) is 12.4. The molecule has 0 radical (unpaired) electrons. The summed E-state index contributed by atoms with van der Waals surface area (Å²) in [4.78, 5) is 4.57. The van der Waals surface area contributed by atoms with Crippen molar-refractivity contribution in [3.8, 4) is 0 Å². The lowest BCUT2D eigenvalue weighted by Gasteiger charge is -2.20. The number of amidine groups is 1. The molecule has 0 amide bonds. The quantitative estimate of drug-likeness (QED) is 0.809. The Morgan fingerprint density at radius 2 is 2.53 bits per heavy atom. The van der Waals surface area contributed by atoms with Crippen molar-refractivity contribution in [3.05, 3.63) is 12.4 Å². The van der Waals surface area contributed by atoms with Crippen molar-refractivity contribution in [3.63, 3.8) is 0 Å². The number of nitrogens with one attached hydrogen (secondary N) is 1. The van der Waals surface area contributed by atoms with E-state index in [9.17, 15) is 0 Å². The smallest absolute Gasteiger partial charge is 0.157 e. The molecule has 1 aliphatic rings. The molecule has 6 heteroatoms. The van der Waals surface area contributed by atoms with Gasteiger partial charge >= 0.3 is 0 Å². The standard InChI is InChI=1S/C11H19N5S/c1-3-11(2)9-17-10(14-11)12-5-4-7-16-8-6-13-15-16/h6,8H,3-5,7,9H2,1-2H3,(H,12,14). The van der Waals surface area contributed by atoms with Crippen molar-refractivity contribution in [1.82, 2.24) is 20.3 Å². The lowest BCUT2D eigenvalue weighted by Crippen LogP contribution is -2.39. The molecule has 1 aliphatic heterocycles. The van der Waals surface area contributed by atoms with Gasteiger partial charge in [0.25, 0.3) is 0 Å². The molecular formula is C11H19N5S. The van der Waals surface area contributed by atoms with E-state index in [-0.39, 0.29) is 5.54 Å². The monoisotopic (exact) mass is 253 g/mol. The number of aryl methyl sites for hydroxylation is 1. The second-order valence-corrected chi connectivity index (χ2v) is 5.50. The largest absolute Gasteiger partial charge is 0.359 e. The van der Waals surface area contributed by atoms with Gasteiger partial charge in [-0.15, -0.1) is 5.10 Å². The number of hydrogen-bond donors (Lipinski definition) is 1. The topological polar surface area (TPSA) is 55.1 Å². The normalized spacial score (nSPS) is 26.4. The van der Waals surface area contributed by atoms with Crippen LogP contribution in [0.4, 0.5) is 0 Å². The average Bonchev–Trinajstić information content (AvgIpc) is 2.95. The van der Waals surface area contributed by atoms with E-state index >= 15 is 0 Å². The second-order valence-electron chi connectivity index (χ2n) is 4.53. The average molecular weight is 253 g/mol. The fraction of sp³-hybridized carbons (Fsp3) is 0.727. The molecule has 1 unspecified atom stereocenters. The molecule has 1 saturated heterocycles. The second kappa shape index (κ2) is 5.53. The minimum absolute atomic E-state index is 0.232. The van der Waals surface area contributed by atoms with Crippen LogP contribution in [0.25, 0.3) is 0 Å². The van der Waals surface area contributed by atoms with Gasteiger partial charge in [0, 0.05) is 30.6 Å². The van der Waals surface area contributed by atoms with E-state index in [1.807, 2.05) is 22.6 Å². The van der Waals surface area contributed by atoms with Crippen molar-refractivity contribution in [2.45, 2.75) is 38.8 Å². The Labute approximate surface area is 106 Å². The Morgan fingerprint density at radius 3 is 3.18 bits per heavy atom. The Hall–Kier alpha value is -1.04. The molecule has 1 aromatic heterocycles. The number of hydrogen-bond acceptors (Lipinski definition) is 4. The molecular weight excluding hydrogens is 234 g/mol. The predicted octanol–water partition coefficient (Wildman–Crippen LogP) is 1.53. The van der Waals surface area contributed by atoms with Gasteiger partial charge in [0.2, 0.25) is 0 Å². The van der Waals surface area contributed by atoms with Crippen molar-refractivity contribution >= 4 is 16.9 Å². The highest BCUT2D eigenvalue weighted by Gasteiger charge is 2.30. The van der Waals surface area contributed by atoms with Crippen LogP contribution in [-0.2, 0) is 6.54 Å². The fourth-order valence-electron chi connectivity index (χ4n) is 1.60. The lowest BCUT2D eigenvalue weighted by atomic mass is 10.0. The molecule has 17 heavy (non-hydrogen) atoms. The highest BCUT2D eigenvalue weighted by atomic mass is 32.2. The minimum Gasteiger partial charge on any atom is -0.359 e. The number of nitrogens with zero attached hydrogens (tertiary/aromatic N) is 4. The van der Waals surface area contributed by atoms with Gasteiger partial charge in [-0.05, 0) is 19.8 Å². The van der Waals surface area contributed by atoms with Gasteiger partial charge in [0.1, 0.15) is 0 Å². The molecule has 0 aromatic carbocycles. The van der Waals surface area contributed by atoms with Gasteiger partial charge in [-0.25, -0.2) is 0 Å². The Bertz CT molecular complexity index is 375. The summed E-state index contributed by atoms with van der Waals surface area (Å²) in [6.45, 7) is 6.18. The zero-order valence-electron chi connectivity index (χ0n) is 10.4. The van der Waals surface area contributed by atoms with E-state index < -0.39 is 0 Å². The maximum Gasteiger partial charge on any atom is 0.157 e. The Morgan fingerprint density at radius 1 is 1.65 bits per heavy atom. The molecule has 2 heterocycles. The first-order chi connectivity index (χ1) is 8.22. The van der Waals surface area contributed by atoms with E-state index in [1.54, 1.807) is 6.20 Å². The maximum absolute atomic E-state index is 4.57. The summed E-state index contributed by atoms with van der Waals surface area (Å²) in [6.07, 6.45) is 5.72. The lowest BCUT2D eigenvalue weighted by molar-refractivity contribution is 0.466. The maximum atomic E-state index is 4.57. The first-order valence-corrected chi connectivity index (χ1v) is 7.00. The molecule has 1 N–H and O–H groups in total. The molecule has 1 aromatic rings. The summed E-state index contributed by atoms with van der Waals surface area (Å²) in [7, 11) is 0. The Kier molecular flexibility index (Phi) is 4.04. The van der Waals surface area contributed by atoms with Crippen LogP contribution in [-0.4, -0.2) is 38.0 Å². The van der Waals surface area contributed by atoms with E-state index in [0.29, 0.717) is 0 Å². The molecule has 2 rings (SSSR count). The van der Waals surface area contributed by atoms with Crippen LogP contribution in [0.3, 0.4) is 0 Å². The van der Waals surface area contributed by atoms with Crippen LogP contribution in [0.5, 0.6) is 0 Å². The molecule has 0 spiro atoms. The molecule has 94 valence electrons. The van der Waals surface area contributed by atoms with Gasteiger partial charge in [0.05, 0.1) is 6.20 Å². The summed E-state index contributed by atoms with van der Waals surface area (Å²) in [5.41, 5.74) is 0.232. The van der Waals surface area contributed by atoms with E-state index in [0.717, 1.165) is 36.9 Å². The van der Waals surface area contributed by atoms with Crippen LogP contribution >= 0.6 is 11.8 Å². The fourth-order valence-corrected chi connectivity index (χ4v) is 2.83. The van der Waals surface area contributed by atoms with Crippen LogP contribution in [0.15, 0.2) is 17.4 Å². The summed E-state index contributed by atoms with van der Waals surface area (Å²) < 4.78 is 1.84. The molecule has 1 atom stereocenters. The van der Waals surface area contributed by atoms with Gasteiger partial charge < -0.3 is 5.32 Å². The number of aromatic nitrogens is 3. The third-order valence-corrected chi connectivity index (χ3v) is 4.28. The zero-order chi connectivity index (χ0) is 12.1. The molecule has 1 fully saturated rings. The highest BCUT2D eigenvalue weighted by molar-refractivity contribution is 8.14. The summed E-state index contributed by atoms with van der Waals surface area (Å²) in [6, 6.07) is 0. The zero-order valence-corrected chi connectivity index (χ0v) is 11.2. The first-order valence-electron chi connectivity index (χ1n) is 6.01. The van der Waals surface area contributed by atoms with Crippen LogP contribution in [0.2, 0.25) is 0 Å². The molecule has 5 nitrogen and oxygen atoms in total. The third-order valence-electron chi connectivity index (χ3n) is 2.99. The summed E-state index contributed by atoms with van der Waals surface area (Å²) in [5.74, 6) is 1.12. The van der Waals surface area contributed by atoms with Gasteiger partial charge in [-0.1, -0.05) is 23.9 Å².